The van der Waals surface area contributed by atoms with E-state index in [1.807, 2.05) is 30.9 Å². The normalized spacial score (nSPS) is 23.7. The second-order valence-corrected chi connectivity index (χ2v) is 4.93. The number of rotatable bonds is 3. The molecule has 1 aromatic carbocycles. The molecule has 1 aromatic rings. The van der Waals surface area contributed by atoms with Gasteiger partial charge in [0.2, 0.25) is 0 Å². The van der Waals surface area contributed by atoms with E-state index in [1.165, 1.54) is 0 Å². The van der Waals surface area contributed by atoms with Crippen LogP contribution in [0.2, 0.25) is 0 Å². The van der Waals surface area contributed by atoms with E-state index in [1.54, 1.807) is 6.07 Å². The Kier molecular flexibility index (Phi) is 3.63. The van der Waals surface area contributed by atoms with E-state index in [9.17, 15) is 10.2 Å². The predicted molar refractivity (Wildman–Crippen MR) is 70.8 cm³/mol. The van der Waals surface area contributed by atoms with E-state index in [0.29, 0.717) is 24.5 Å². The fraction of sp³-hybridized carbons (Fsp3) is 0.538. The predicted octanol–water partition coefficient (Wildman–Crippen LogP) is 0.598. The monoisotopic (exact) mass is 252 g/mol. The molecule has 2 rings (SSSR count). The largest absolute Gasteiger partial charge is 0.489 e. The number of aliphatic hydroxyl groups is 2. The number of nitrogens with zero attached hydrogens (tertiary/aromatic N) is 1. The third-order valence-corrected chi connectivity index (χ3v) is 2.98. The first-order chi connectivity index (χ1) is 8.47. The zero-order valence-corrected chi connectivity index (χ0v) is 10.7. The Balaban J connectivity index is 2.19. The van der Waals surface area contributed by atoms with E-state index < -0.39 is 12.2 Å². The van der Waals surface area contributed by atoms with Crippen molar-refractivity contribution in [2.75, 3.05) is 23.7 Å². The van der Waals surface area contributed by atoms with Gasteiger partial charge >= 0.3 is 0 Å². The number of anilines is 2. The summed E-state index contributed by atoms with van der Waals surface area (Å²) in [4.78, 5) is 1.92. The Hall–Kier alpha value is -1.46. The maximum absolute atomic E-state index is 9.55. The van der Waals surface area contributed by atoms with Crippen molar-refractivity contribution < 1.29 is 14.9 Å². The number of benzene rings is 1. The van der Waals surface area contributed by atoms with Crippen LogP contribution in [0.5, 0.6) is 5.75 Å². The standard InChI is InChI=1S/C13H20N2O3/c1-8(2)18-13-5-9(3-4-10(13)14)15-6-11(16)12(17)7-15/h3-5,8,11-12,16-17H,6-7,14H2,1-2H3. The first-order valence-electron chi connectivity index (χ1n) is 6.14. The SMILES string of the molecule is CC(C)Oc1cc(N2CC(O)C(O)C2)ccc1N. The van der Waals surface area contributed by atoms with Crippen LogP contribution in [0.3, 0.4) is 0 Å². The van der Waals surface area contributed by atoms with Crippen molar-refractivity contribution >= 4 is 11.4 Å². The van der Waals surface area contributed by atoms with Gasteiger partial charge in [0.25, 0.3) is 0 Å². The van der Waals surface area contributed by atoms with Crippen LogP contribution >= 0.6 is 0 Å². The molecule has 2 atom stereocenters. The highest BCUT2D eigenvalue weighted by atomic mass is 16.5. The summed E-state index contributed by atoms with van der Waals surface area (Å²) in [7, 11) is 0. The molecular formula is C13H20N2O3. The number of β-amino-alcohol motifs (C(OH)–C–C–N with tert-alkyl or cyclic N) is 2. The van der Waals surface area contributed by atoms with Crippen LogP contribution in [0.25, 0.3) is 0 Å². The second-order valence-electron chi connectivity index (χ2n) is 4.93. The molecule has 0 radical (unpaired) electrons. The molecule has 18 heavy (non-hydrogen) atoms. The van der Waals surface area contributed by atoms with Crippen molar-refractivity contribution in [2.24, 2.45) is 0 Å². The van der Waals surface area contributed by atoms with Crippen LogP contribution in [0, 0.1) is 0 Å². The summed E-state index contributed by atoms with van der Waals surface area (Å²) in [5.74, 6) is 0.637. The van der Waals surface area contributed by atoms with Gasteiger partial charge in [0.15, 0.2) is 0 Å². The summed E-state index contributed by atoms with van der Waals surface area (Å²) in [6, 6.07) is 5.50. The van der Waals surface area contributed by atoms with E-state index in [0.717, 1.165) is 5.69 Å². The highest BCUT2D eigenvalue weighted by Crippen LogP contribution is 2.30. The van der Waals surface area contributed by atoms with Crippen molar-refractivity contribution in [3.8, 4) is 5.75 Å². The van der Waals surface area contributed by atoms with E-state index in [4.69, 9.17) is 10.5 Å². The van der Waals surface area contributed by atoms with Crippen LogP contribution in [0.15, 0.2) is 18.2 Å². The minimum atomic E-state index is -0.697. The number of hydrogen-bond acceptors (Lipinski definition) is 5. The molecule has 1 fully saturated rings. The highest BCUT2D eigenvalue weighted by molar-refractivity contribution is 5.63. The van der Waals surface area contributed by atoms with Crippen LogP contribution < -0.4 is 15.4 Å². The quantitative estimate of drug-likeness (QED) is 0.686. The number of nitrogen functional groups attached to an aromatic ring is 1. The molecule has 1 heterocycles. The Morgan fingerprint density at radius 2 is 1.89 bits per heavy atom. The molecule has 0 aromatic heterocycles. The van der Waals surface area contributed by atoms with Gasteiger partial charge in [-0.2, -0.15) is 0 Å². The average molecular weight is 252 g/mol. The van der Waals surface area contributed by atoms with Gasteiger partial charge in [0, 0.05) is 24.8 Å². The lowest BCUT2D eigenvalue weighted by atomic mass is 10.2. The zero-order valence-electron chi connectivity index (χ0n) is 10.7. The molecule has 1 saturated heterocycles. The van der Waals surface area contributed by atoms with Crippen LogP contribution in [0.4, 0.5) is 11.4 Å². The lowest BCUT2D eigenvalue weighted by Crippen LogP contribution is -2.22. The molecular weight excluding hydrogens is 232 g/mol. The van der Waals surface area contributed by atoms with Gasteiger partial charge in [-0.25, -0.2) is 0 Å². The molecule has 100 valence electrons. The van der Waals surface area contributed by atoms with Crippen molar-refractivity contribution in [2.45, 2.75) is 32.2 Å². The molecule has 0 bridgehead atoms. The Bertz CT molecular complexity index is 413. The van der Waals surface area contributed by atoms with Crippen molar-refractivity contribution in [1.29, 1.82) is 0 Å². The molecule has 5 nitrogen and oxygen atoms in total. The van der Waals surface area contributed by atoms with Gasteiger partial charge in [0.05, 0.1) is 24.0 Å². The van der Waals surface area contributed by atoms with Crippen LogP contribution in [-0.4, -0.2) is 41.6 Å². The molecule has 5 heteroatoms. The van der Waals surface area contributed by atoms with Gasteiger partial charge in [0.1, 0.15) is 5.75 Å². The summed E-state index contributed by atoms with van der Waals surface area (Å²) in [5.41, 5.74) is 7.34. The van der Waals surface area contributed by atoms with Crippen molar-refractivity contribution in [1.82, 2.24) is 0 Å². The molecule has 2 unspecified atom stereocenters. The van der Waals surface area contributed by atoms with E-state index in [2.05, 4.69) is 0 Å². The fourth-order valence-electron chi connectivity index (χ4n) is 2.06. The Morgan fingerprint density at radius 3 is 2.44 bits per heavy atom. The molecule has 1 aliphatic heterocycles. The number of nitrogens with two attached hydrogens (primary N) is 1. The van der Waals surface area contributed by atoms with Gasteiger partial charge < -0.3 is 25.6 Å². The topological polar surface area (TPSA) is 79.0 Å². The van der Waals surface area contributed by atoms with Gasteiger partial charge in [-0.3, -0.25) is 0 Å². The maximum atomic E-state index is 9.55. The first kappa shape index (κ1) is 13.0. The second kappa shape index (κ2) is 5.04. The number of ether oxygens (including phenoxy) is 1. The summed E-state index contributed by atoms with van der Waals surface area (Å²) in [5, 5.41) is 19.1. The number of hydrogen-bond donors (Lipinski definition) is 3. The van der Waals surface area contributed by atoms with Gasteiger partial charge in [-0.05, 0) is 26.0 Å². The lowest BCUT2D eigenvalue weighted by molar-refractivity contribution is 0.0572. The van der Waals surface area contributed by atoms with E-state index in [-0.39, 0.29) is 6.10 Å². The molecule has 0 amide bonds. The maximum Gasteiger partial charge on any atom is 0.144 e. The zero-order chi connectivity index (χ0) is 13.3. The summed E-state index contributed by atoms with van der Waals surface area (Å²) >= 11 is 0. The highest BCUT2D eigenvalue weighted by Gasteiger charge is 2.29. The average Bonchev–Trinajstić information content (AvgIpc) is 2.62. The Morgan fingerprint density at radius 1 is 1.28 bits per heavy atom. The van der Waals surface area contributed by atoms with Gasteiger partial charge in [-0.15, -0.1) is 0 Å². The van der Waals surface area contributed by atoms with Gasteiger partial charge in [-0.1, -0.05) is 0 Å². The number of aliphatic hydroxyl groups excluding tert-OH is 2. The smallest absolute Gasteiger partial charge is 0.144 e. The third-order valence-electron chi connectivity index (χ3n) is 2.98. The van der Waals surface area contributed by atoms with Crippen molar-refractivity contribution in [3.63, 3.8) is 0 Å². The summed E-state index contributed by atoms with van der Waals surface area (Å²) in [6.07, 6.45) is -1.34. The summed E-state index contributed by atoms with van der Waals surface area (Å²) < 4.78 is 5.62. The molecule has 4 N–H and O–H groups in total. The molecule has 0 aliphatic carbocycles. The third kappa shape index (κ3) is 2.68. The van der Waals surface area contributed by atoms with Crippen LogP contribution in [-0.2, 0) is 0 Å². The summed E-state index contributed by atoms with van der Waals surface area (Å²) in [6.45, 7) is 4.73. The fourth-order valence-corrected chi connectivity index (χ4v) is 2.06. The first-order valence-corrected chi connectivity index (χ1v) is 6.14. The molecule has 1 aliphatic rings. The molecule has 0 spiro atoms. The minimum Gasteiger partial charge on any atom is -0.489 e. The Labute approximate surface area is 107 Å². The van der Waals surface area contributed by atoms with Crippen LogP contribution in [0.1, 0.15) is 13.8 Å². The minimum absolute atomic E-state index is 0.0531. The molecule has 0 saturated carbocycles. The van der Waals surface area contributed by atoms with E-state index >= 15 is 0 Å². The lowest BCUT2D eigenvalue weighted by Gasteiger charge is -2.20. The van der Waals surface area contributed by atoms with Crippen molar-refractivity contribution in [3.05, 3.63) is 18.2 Å².